The van der Waals surface area contributed by atoms with Gasteiger partial charge in [-0.05, 0) is 26.2 Å². The summed E-state index contributed by atoms with van der Waals surface area (Å²) in [5.41, 5.74) is 0.273. The Kier molecular flexibility index (Phi) is 5.49. The maximum absolute atomic E-state index is 5.71. The average molecular weight is 236 g/mol. The van der Waals surface area contributed by atoms with Crippen molar-refractivity contribution in [3.8, 4) is 12.3 Å². The summed E-state index contributed by atoms with van der Waals surface area (Å²) in [7, 11) is 0. The van der Waals surface area contributed by atoms with E-state index in [1.807, 2.05) is 0 Å². The minimum absolute atomic E-state index is 0.273. The summed E-state index contributed by atoms with van der Waals surface area (Å²) in [6.07, 6.45) is 10.3. The normalized spacial score (nSPS) is 26.4. The largest absolute Gasteiger partial charge is 0.308 e. The molecule has 0 aromatic heterocycles. The molecule has 2 atom stereocenters. The van der Waals surface area contributed by atoms with Crippen molar-refractivity contribution in [2.75, 3.05) is 13.1 Å². The molecule has 0 aromatic carbocycles. The molecule has 1 aliphatic rings. The minimum atomic E-state index is 0.273. The van der Waals surface area contributed by atoms with Crippen molar-refractivity contribution in [2.45, 2.75) is 71.0 Å². The molecule has 1 heterocycles. The van der Waals surface area contributed by atoms with E-state index in [2.05, 4.69) is 43.8 Å². The van der Waals surface area contributed by atoms with E-state index in [9.17, 15) is 0 Å². The molecule has 1 rings (SSSR count). The van der Waals surface area contributed by atoms with Crippen LogP contribution in [0.2, 0.25) is 0 Å². The predicted molar refractivity (Wildman–Crippen MR) is 75.0 cm³/mol. The lowest BCUT2D eigenvalue weighted by atomic mass is 9.87. The molecule has 2 heteroatoms. The molecule has 1 saturated heterocycles. The molecule has 0 saturated carbocycles. The zero-order valence-electron chi connectivity index (χ0n) is 11.9. The van der Waals surface area contributed by atoms with Crippen LogP contribution in [0, 0.1) is 12.3 Å². The van der Waals surface area contributed by atoms with Gasteiger partial charge in [-0.1, -0.05) is 33.1 Å². The van der Waals surface area contributed by atoms with Gasteiger partial charge in [0.25, 0.3) is 0 Å². The SMILES string of the molecule is C#CC(CCC)N1CC(CC)(CC)NCC1C. The van der Waals surface area contributed by atoms with Gasteiger partial charge in [0, 0.05) is 24.7 Å². The standard InChI is InChI=1S/C15H28N2/c1-6-10-14(7-2)17-12-15(8-3,9-4)16-11-13(17)5/h2,13-14,16H,6,8-12H2,1,3-5H3. The van der Waals surface area contributed by atoms with E-state index in [1.165, 1.54) is 12.8 Å². The molecule has 2 nitrogen and oxygen atoms in total. The third kappa shape index (κ3) is 3.24. The van der Waals surface area contributed by atoms with Crippen LogP contribution in [0.3, 0.4) is 0 Å². The van der Waals surface area contributed by atoms with E-state index in [1.54, 1.807) is 0 Å². The predicted octanol–water partition coefficient (Wildman–Crippen LogP) is 2.64. The highest BCUT2D eigenvalue weighted by Gasteiger charge is 2.37. The van der Waals surface area contributed by atoms with E-state index in [4.69, 9.17) is 6.42 Å². The lowest BCUT2D eigenvalue weighted by Gasteiger charge is -2.48. The van der Waals surface area contributed by atoms with Gasteiger partial charge in [0.2, 0.25) is 0 Å². The molecule has 0 bridgehead atoms. The van der Waals surface area contributed by atoms with Gasteiger partial charge < -0.3 is 5.32 Å². The Labute approximate surface area is 107 Å². The van der Waals surface area contributed by atoms with Gasteiger partial charge in [0.15, 0.2) is 0 Å². The number of hydrogen-bond donors (Lipinski definition) is 1. The lowest BCUT2D eigenvalue weighted by Crippen LogP contribution is -2.64. The van der Waals surface area contributed by atoms with Gasteiger partial charge in [-0.3, -0.25) is 4.90 Å². The second kappa shape index (κ2) is 6.42. The van der Waals surface area contributed by atoms with Crippen LogP contribution >= 0.6 is 0 Å². The van der Waals surface area contributed by atoms with Gasteiger partial charge in [-0.2, -0.15) is 0 Å². The summed E-state index contributed by atoms with van der Waals surface area (Å²) in [6, 6.07) is 0.864. The van der Waals surface area contributed by atoms with Gasteiger partial charge in [0.05, 0.1) is 6.04 Å². The number of rotatable bonds is 5. The topological polar surface area (TPSA) is 15.3 Å². The van der Waals surface area contributed by atoms with Gasteiger partial charge in [0.1, 0.15) is 0 Å². The first-order valence-corrected chi connectivity index (χ1v) is 7.09. The number of nitrogens with one attached hydrogen (secondary N) is 1. The maximum Gasteiger partial charge on any atom is 0.0715 e. The van der Waals surface area contributed by atoms with Gasteiger partial charge in [-0.15, -0.1) is 6.42 Å². The quantitative estimate of drug-likeness (QED) is 0.738. The molecule has 17 heavy (non-hydrogen) atoms. The van der Waals surface area contributed by atoms with Crippen molar-refractivity contribution in [3.05, 3.63) is 0 Å². The highest BCUT2D eigenvalue weighted by atomic mass is 15.3. The van der Waals surface area contributed by atoms with Crippen LogP contribution in [0.15, 0.2) is 0 Å². The number of hydrogen-bond acceptors (Lipinski definition) is 2. The Morgan fingerprint density at radius 3 is 2.53 bits per heavy atom. The zero-order valence-corrected chi connectivity index (χ0v) is 11.9. The maximum atomic E-state index is 5.71. The van der Waals surface area contributed by atoms with Crippen LogP contribution in [0.25, 0.3) is 0 Å². The Bertz CT molecular complexity index is 263. The van der Waals surface area contributed by atoms with Crippen LogP contribution in [-0.4, -0.2) is 35.6 Å². The van der Waals surface area contributed by atoms with Crippen LogP contribution < -0.4 is 5.32 Å². The van der Waals surface area contributed by atoms with E-state index in [-0.39, 0.29) is 5.54 Å². The molecule has 98 valence electrons. The zero-order chi connectivity index (χ0) is 12.9. The molecule has 0 aliphatic carbocycles. The van der Waals surface area contributed by atoms with Gasteiger partial charge >= 0.3 is 0 Å². The second-order valence-electron chi connectivity index (χ2n) is 5.36. The summed E-state index contributed by atoms with van der Waals surface area (Å²) in [4.78, 5) is 2.53. The average Bonchev–Trinajstić information content (AvgIpc) is 2.37. The van der Waals surface area contributed by atoms with Crippen molar-refractivity contribution in [1.82, 2.24) is 10.2 Å². The Hall–Kier alpha value is -0.520. The lowest BCUT2D eigenvalue weighted by molar-refractivity contribution is 0.0594. The molecule has 1 aliphatic heterocycles. The van der Waals surface area contributed by atoms with Crippen LogP contribution in [0.5, 0.6) is 0 Å². The number of nitrogens with zero attached hydrogens (tertiary/aromatic N) is 1. The molecule has 0 aromatic rings. The van der Waals surface area contributed by atoms with Crippen molar-refractivity contribution in [3.63, 3.8) is 0 Å². The number of terminal acetylenes is 1. The van der Waals surface area contributed by atoms with Crippen molar-refractivity contribution in [2.24, 2.45) is 0 Å². The third-order valence-electron chi connectivity index (χ3n) is 4.33. The summed E-state index contributed by atoms with van der Waals surface area (Å²) < 4.78 is 0. The third-order valence-corrected chi connectivity index (χ3v) is 4.33. The Morgan fingerprint density at radius 1 is 1.41 bits per heavy atom. The van der Waals surface area contributed by atoms with Crippen LogP contribution in [-0.2, 0) is 0 Å². The van der Waals surface area contributed by atoms with Gasteiger partial charge in [-0.25, -0.2) is 0 Å². The molecule has 0 radical (unpaired) electrons. The fourth-order valence-electron chi connectivity index (χ4n) is 2.80. The van der Waals surface area contributed by atoms with Crippen molar-refractivity contribution >= 4 is 0 Å². The molecule has 1 fully saturated rings. The van der Waals surface area contributed by atoms with Crippen molar-refractivity contribution < 1.29 is 0 Å². The Morgan fingerprint density at radius 2 is 2.06 bits per heavy atom. The van der Waals surface area contributed by atoms with E-state index >= 15 is 0 Å². The van der Waals surface area contributed by atoms with Crippen LogP contribution in [0.4, 0.5) is 0 Å². The van der Waals surface area contributed by atoms with E-state index in [0.717, 1.165) is 25.9 Å². The summed E-state index contributed by atoms with van der Waals surface area (Å²) in [5.74, 6) is 2.99. The molecular formula is C15H28N2. The summed E-state index contributed by atoms with van der Waals surface area (Å²) in [5, 5.41) is 3.72. The first-order chi connectivity index (χ1) is 8.12. The minimum Gasteiger partial charge on any atom is -0.308 e. The van der Waals surface area contributed by atoms with Crippen molar-refractivity contribution in [1.29, 1.82) is 0 Å². The smallest absolute Gasteiger partial charge is 0.0715 e. The second-order valence-corrected chi connectivity index (χ2v) is 5.36. The highest BCUT2D eigenvalue weighted by Crippen LogP contribution is 2.25. The highest BCUT2D eigenvalue weighted by molar-refractivity contribution is 5.06. The molecule has 2 unspecified atom stereocenters. The first kappa shape index (κ1) is 14.5. The number of piperazine rings is 1. The fourth-order valence-corrected chi connectivity index (χ4v) is 2.80. The van der Waals surface area contributed by atoms with E-state index in [0.29, 0.717) is 12.1 Å². The summed E-state index contributed by atoms with van der Waals surface area (Å²) in [6.45, 7) is 11.2. The van der Waals surface area contributed by atoms with Crippen LogP contribution in [0.1, 0.15) is 53.4 Å². The Balaban J connectivity index is 2.78. The first-order valence-electron chi connectivity index (χ1n) is 7.09. The fraction of sp³-hybridized carbons (Fsp3) is 0.867. The molecule has 0 amide bonds. The molecule has 0 spiro atoms. The molecule has 1 N–H and O–H groups in total. The molecular weight excluding hydrogens is 208 g/mol. The summed E-state index contributed by atoms with van der Waals surface area (Å²) >= 11 is 0. The van der Waals surface area contributed by atoms with E-state index < -0.39 is 0 Å². The monoisotopic (exact) mass is 236 g/mol.